The molecule has 3 amide bonds. The second-order valence-corrected chi connectivity index (χ2v) is 7.05. The fourth-order valence-electron chi connectivity index (χ4n) is 3.32. The van der Waals surface area contributed by atoms with Crippen LogP contribution in [0, 0.1) is 5.82 Å². The smallest absolute Gasteiger partial charge is 0.317 e. The van der Waals surface area contributed by atoms with Crippen molar-refractivity contribution in [2.45, 2.75) is 6.54 Å². The van der Waals surface area contributed by atoms with E-state index in [1.54, 1.807) is 35.4 Å². The summed E-state index contributed by atoms with van der Waals surface area (Å²) < 4.78 is 19.0. The Morgan fingerprint density at radius 3 is 2.52 bits per heavy atom. The van der Waals surface area contributed by atoms with Crippen molar-refractivity contribution >= 4 is 23.4 Å². The first-order valence-corrected chi connectivity index (χ1v) is 9.92. The number of carbonyl (C=O) groups excluding carboxylic acids is 2. The van der Waals surface area contributed by atoms with E-state index in [1.807, 2.05) is 6.07 Å². The zero-order valence-electron chi connectivity index (χ0n) is 16.8. The van der Waals surface area contributed by atoms with Gasteiger partial charge < -0.3 is 24.9 Å². The van der Waals surface area contributed by atoms with Gasteiger partial charge >= 0.3 is 6.03 Å². The van der Waals surface area contributed by atoms with Crippen LogP contribution in [0.3, 0.4) is 0 Å². The molecule has 0 aliphatic carbocycles. The molecule has 3 aromatic rings. The van der Waals surface area contributed by atoms with E-state index in [0.29, 0.717) is 44.2 Å². The van der Waals surface area contributed by atoms with E-state index in [-0.39, 0.29) is 11.6 Å². The highest BCUT2D eigenvalue weighted by atomic mass is 19.1. The van der Waals surface area contributed by atoms with Crippen molar-refractivity contribution in [3.8, 4) is 0 Å². The van der Waals surface area contributed by atoms with Gasteiger partial charge in [-0.3, -0.25) is 4.79 Å². The van der Waals surface area contributed by atoms with E-state index >= 15 is 0 Å². The van der Waals surface area contributed by atoms with Gasteiger partial charge in [-0.1, -0.05) is 12.1 Å². The highest BCUT2D eigenvalue weighted by Gasteiger charge is 2.22. The summed E-state index contributed by atoms with van der Waals surface area (Å²) in [5.74, 6) is 0.357. The molecule has 0 bridgehead atoms. The molecule has 1 aliphatic rings. The highest BCUT2D eigenvalue weighted by Crippen LogP contribution is 2.17. The Bertz CT molecular complexity index is 1030. The molecule has 3 heterocycles. The van der Waals surface area contributed by atoms with E-state index in [1.165, 1.54) is 24.4 Å². The maximum Gasteiger partial charge on any atom is 0.317 e. The van der Waals surface area contributed by atoms with Gasteiger partial charge in [0, 0.05) is 26.2 Å². The summed E-state index contributed by atoms with van der Waals surface area (Å²) in [5, 5.41) is 5.49. The molecule has 4 rings (SSSR count). The van der Waals surface area contributed by atoms with Gasteiger partial charge in [0.25, 0.3) is 5.91 Å². The van der Waals surface area contributed by atoms with Crippen LogP contribution >= 0.6 is 0 Å². The summed E-state index contributed by atoms with van der Waals surface area (Å²) in [6, 6.07) is 12.8. The number of carbonyl (C=O) groups is 2. The molecular weight excluding hydrogens is 401 g/mol. The number of nitrogens with zero attached hydrogens (tertiary/aromatic N) is 3. The number of hydrogen-bond donors (Lipinski definition) is 2. The summed E-state index contributed by atoms with van der Waals surface area (Å²) >= 11 is 0. The third kappa shape index (κ3) is 5.00. The average molecular weight is 423 g/mol. The number of urea groups is 1. The zero-order valence-corrected chi connectivity index (χ0v) is 16.8. The lowest BCUT2D eigenvalue weighted by Gasteiger charge is -2.35. The minimum atomic E-state index is -0.573. The van der Waals surface area contributed by atoms with E-state index in [4.69, 9.17) is 4.42 Å². The third-order valence-electron chi connectivity index (χ3n) is 5.01. The predicted molar refractivity (Wildman–Crippen MR) is 113 cm³/mol. The molecule has 8 nitrogen and oxygen atoms in total. The molecule has 0 saturated carbocycles. The lowest BCUT2D eigenvalue weighted by molar-refractivity contribution is 0.102. The van der Waals surface area contributed by atoms with Gasteiger partial charge in [0.1, 0.15) is 17.4 Å². The van der Waals surface area contributed by atoms with Crippen molar-refractivity contribution < 1.29 is 18.4 Å². The van der Waals surface area contributed by atoms with Crippen molar-refractivity contribution in [3.05, 3.63) is 78.1 Å². The van der Waals surface area contributed by atoms with Gasteiger partial charge in [-0.15, -0.1) is 0 Å². The third-order valence-corrected chi connectivity index (χ3v) is 5.01. The van der Waals surface area contributed by atoms with E-state index in [2.05, 4.69) is 20.5 Å². The number of anilines is 2. The lowest BCUT2D eigenvalue weighted by Crippen LogP contribution is -2.51. The Kier molecular flexibility index (Phi) is 6.11. The molecule has 2 aromatic heterocycles. The summed E-state index contributed by atoms with van der Waals surface area (Å²) in [5.41, 5.74) is 0.459. The number of hydrogen-bond acceptors (Lipinski definition) is 5. The maximum absolute atomic E-state index is 13.7. The Labute approximate surface area is 178 Å². The van der Waals surface area contributed by atoms with E-state index in [0.717, 1.165) is 5.82 Å². The standard InChI is InChI=1S/C22H22FN5O3/c23-19-6-2-1-5-18(19)21(29)26-16-7-8-20(24-14-16)27-9-11-28(12-10-27)22(30)25-15-17-4-3-13-31-17/h1-8,13-14H,9-12,15H2,(H,25,30)(H,26,29). The van der Waals surface area contributed by atoms with Gasteiger partial charge in [0.2, 0.25) is 0 Å². The first kappa shape index (κ1) is 20.4. The van der Waals surface area contributed by atoms with Crippen molar-refractivity contribution in [3.63, 3.8) is 0 Å². The normalized spacial score (nSPS) is 13.7. The number of nitrogens with one attached hydrogen (secondary N) is 2. The highest BCUT2D eigenvalue weighted by molar-refractivity contribution is 6.04. The SMILES string of the molecule is O=C(Nc1ccc(N2CCN(C(=O)NCc3ccco3)CC2)nc1)c1ccccc1F. The molecule has 1 aromatic carbocycles. The number of benzene rings is 1. The van der Waals surface area contributed by atoms with Crippen molar-refractivity contribution in [2.24, 2.45) is 0 Å². The summed E-state index contributed by atoms with van der Waals surface area (Å²) in [6.07, 6.45) is 3.11. The number of furan rings is 1. The number of rotatable bonds is 5. The van der Waals surface area contributed by atoms with Crippen LogP contribution < -0.4 is 15.5 Å². The molecule has 160 valence electrons. The van der Waals surface area contributed by atoms with Crippen LogP contribution in [0.25, 0.3) is 0 Å². The summed E-state index contributed by atoms with van der Waals surface area (Å²) in [6.45, 7) is 2.77. The zero-order chi connectivity index (χ0) is 21.6. The Hall–Kier alpha value is -3.88. The van der Waals surface area contributed by atoms with Gasteiger partial charge in [-0.25, -0.2) is 14.2 Å². The molecule has 0 spiro atoms. The van der Waals surface area contributed by atoms with Crippen molar-refractivity contribution in [2.75, 3.05) is 36.4 Å². The second kappa shape index (κ2) is 9.29. The molecule has 0 unspecified atom stereocenters. The topological polar surface area (TPSA) is 90.7 Å². The minimum Gasteiger partial charge on any atom is -0.467 e. The number of pyridine rings is 1. The summed E-state index contributed by atoms with van der Waals surface area (Å²) in [4.78, 5) is 32.7. The van der Waals surface area contributed by atoms with Crippen LogP contribution in [-0.2, 0) is 6.54 Å². The monoisotopic (exact) mass is 423 g/mol. The minimum absolute atomic E-state index is 0.0203. The molecule has 2 N–H and O–H groups in total. The summed E-state index contributed by atoms with van der Waals surface area (Å²) in [7, 11) is 0. The first-order chi connectivity index (χ1) is 15.1. The Balaban J connectivity index is 1.27. The molecule has 0 radical (unpaired) electrons. The molecule has 1 saturated heterocycles. The Morgan fingerprint density at radius 2 is 1.84 bits per heavy atom. The van der Waals surface area contributed by atoms with Crippen LogP contribution in [0.2, 0.25) is 0 Å². The van der Waals surface area contributed by atoms with Crippen LogP contribution in [0.4, 0.5) is 20.7 Å². The van der Waals surface area contributed by atoms with E-state index in [9.17, 15) is 14.0 Å². The Morgan fingerprint density at radius 1 is 1.03 bits per heavy atom. The van der Waals surface area contributed by atoms with E-state index < -0.39 is 11.7 Å². The number of aromatic nitrogens is 1. The molecule has 9 heteroatoms. The van der Waals surface area contributed by atoms with Crippen LogP contribution in [-0.4, -0.2) is 48.0 Å². The van der Waals surface area contributed by atoms with Crippen LogP contribution in [0.5, 0.6) is 0 Å². The van der Waals surface area contributed by atoms with Gasteiger partial charge in [0.05, 0.1) is 30.3 Å². The number of amides is 3. The molecular formula is C22H22FN5O3. The number of halogens is 1. The molecule has 0 atom stereocenters. The maximum atomic E-state index is 13.7. The fourth-order valence-corrected chi connectivity index (χ4v) is 3.32. The average Bonchev–Trinajstić information content (AvgIpc) is 3.32. The van der Waals surface area contributed by atoms with Gasteiger partial charge in [0.15, 0.2) is 0 Å². The van der Waals surface area contributed by atoms with Gasteiger partial charge in [-0.2, -0.15) is 0 Å². The largest absolute Gasteiger partial charge is 0.467 e. The van der Waals surface area contributed by atoms with Crippen LogP contribution in [0.15, 0.2) is 65.4 Å². The molecule has 31 heavy (non-hydrogen) atoms. The lowest BCUT2D eigenvalue weighted by atomic mass is 10.2. The van der Waals surface area contributed by atoms with Gasteiger partial charge in [-0.05, 0) is 36.4 Å². The quantitative estimate of drug-likeness (QED) is 0.658. The number of piperazine rings is 1. The van der Waals surface area contributed by atoms with Crippen molar-refractivity contribution in [1.29, 1.82) is 0 Å². The van der Waals surface area contributed by atoms with Crippen LogP contribution in [0.1, 0.15) is 16.1 Å². The first-order valence-electron chi connectivity index (χ1n) is 9.92. The van der Waals surface area contributed by atoms with Crippen molar-refractivity contribution in [1.82, 2.24) is 15.2 Å². The molecule has 1 aliphatic heterocycles. The fraction of sp³-hybridized carbons (Fsp3) is 0.227. The second-order valence-electron chi connectivity index (χ2n) is 7.05. The predicted octanol–water partition coefficient (Wildman–Crippen LogP) is 3.10. The molecule has 1 fully saturated rings.